The molecule has 4 rings (SSSR count). The molecule has 0 spiro atoms. The zero-order valence-electron chi connectivity index (χ0n) is 14.8. The number of hydrogen-bond donors (Lipinski definition) is 0. The number of aromatic nitrogens is 2. The van der Waals surface area contributed by atoms with Gasteiger partial charge in [-0.2, -0.15) is 4.98 Å². The minimum atomic E-state index is -0.348. The van der Waals surface area contributed by atoms with Crippen LogP contribution >= 0.6 is 0 Å². The molecule has 0 bridgehead atoms. The van der Waals surface area contributed by atoms with Gasteiger partial charge in [0, 0.05) is 13.1 Å². The van der Waals surface area contributed by atoms with Gasteiger partial charge in [0.2, 0.25) is 11.8 Å². The molecule has 25 heavy (non-hydrogen) atoms. The Morgan fingerprint density at radius 3 is 2.64 bits per heavy atom. The molecular formula is C20H25N3O2. The summed E-state index contributed by atoms with van der Waals surface area (Å²) in [5.74, 6) is 1.79. The predicted octanol–water partition coefficient (Wildman–Crippen LogP) is 3.60. The standard InChI is InChI=1S/C20H25N3O2/c1-15-21-18(25-22-15)16-10-13-23(14-16)19(24)20(11-6-3-7-12-20)17-8-4-2-5-9-17/h2,4-5,8-9,16H,3,6-7,10-14H2,1H3/t16-/m1/s1. The van der Waals surface area contributed by atoms with E-state index >= 15 is 0 Å². The van der Waals surface area contributed by atoms with Crippen molar-refractivity contribution in [3.63, 3.8) is 0 Å². The maximum absolute atomic E-state index is 13.6. The maximum atomic E-state index is 13.6. The average molecular weight is 339 g/mol. The van der Waals surface area contributed by atoms with Crippen LogP contribution < -0.4 is 0 Å². The molecule has 1 saturated carbocycles. The molecule has 1 amide bonds. The zero-order valence-corrected chi connectivity index (χ0v) is 14.8. The van der Waals surface area contributed by atoms with Crippen LogP contribution in [0, 0.1) is 6.92 Å². The predicted molar refractivity (Wildman–Crippen MR) is 94.2 cm³/mol. The van der Waals surface area contributed by atoms with Crippen molar-refractivity contribution < 1.29 is 9.32 Å². The van der Waals surface area contributed by atoms with Gasteiger partial charge in [-0.25, -0.2) is 0 Å². The highest BCUT2D eigenvalue weighted by atomic mass is 16.5. The number of aryl methyl sites for hydroxylation is 1. The first-order valence-corrected chi connectivity index (χ1v) is 9.34. The second-order valence-corrected chi connectivity index (χ2v) is 7.43. The summed E-state index contributed by atoms with van der Waals surface area (Å²) in [7, 11) is 0. The first kappa shape index (κ1) is 16.3. The van der Waals surface area contributed by atoms with Crippen molar-refractivity contribution in [2.24, 2.45) is 0 Å². The van der Waals surface area contributed by atoms with Crippen molar-refractivity contribution >= 4 is 5.91 Å². The largest absolute Gasteiger partial charge is 0.341 e. The van der Waals surface area contributed by atoms with Gasteiger partial charge in [0.15, 0.2) is 5.82 Å². The molecule has 1 aliphatic carbocycles. The monoisotopic (exact) mass is 339 g/mol. The van der Waals surface area contributed by atoms with E-state index in [1.807, 2.05) is 30.0 Å². The van der Waals surface area contributed by atoms with Crippen molar-refractivity contribution in [2.45, 2.75) is 56.8 Å². The Balaban J connectivity index is 1.57. The molecule has 2 fully saturated rings. The van der Waals surface area contributed by atoms with Crippen LogP contribution in [-0.2, 0) is 10.2 Å². The van der Waals surface area contributed by atoms with E-state index in [-0.39, 0.29) is 17.2 Å². The molecule has 1 aromatic heterocycles. The number of carbonyl (C=O) groups is 1. The van der Waals surface area contributed by atoms with Crippen molar-refractivity contribution in [1.82, 2.24) is 15.0 Å². The second-order valence-electron chi connectivity index (χ2n) is 7.43. The van der Waals surface area contributed by atoms with Gasteiger partial charge in [-0.05, 0) is 31.7 Å². The Labute approximate surface area is 148 Å². The van der Waals surface area contributed by atoms with Gasteiger partial charge in [0.1, 0.15) is 0 Å². The van der Waals surface area contributed by atoms with Gasteiger partial charge >= 0.3 is 0 Å². The number of hydrogen-bond acceptors (Lipinski definition) is 4. The van der Waals surface area contributed by atoms with Gasteiger partial charge in [-0.1, -0.05) is 54.8 Å². The van der Waals surface area contributed by atoms with Crippen molar-refractivity contribution in [2.75, 3.05) is 13.1 Å². The van der Waals surface area contributed by atoms with Gasteiger partial charge in [-0.3, -0.25) is 4.79 Å². The van der Waals surface area contributed by atoms with Crippen LogP contribution in [0.15, 0.2) is 34.9 Å². The molecule has 5 nitrogen and oxygen atoms in total. The summed E-state index contributed by atoms with van der Waals surface area (Å²) >= 11 is 0. The van der Waals surface area contributed by atoms with Gasteiger partial charge < -0.3 is 9.42 Å². The summed E-state index contributed by atoms with van der Waals surface area (Å²) in [5, 5.41) is 3.89. The van der Waals surface area contributed by atoms with E-state index in [0.717, 1.165) is 38.6 Å². The van der Waals surface area contributed by atoms with Crippen molar-refractivity contribution in [3.8, 4) is 0 Å². The van der Waals surface area contributed by atoms with E-state index in [9.17, 15) is 4.79 Å². The van der Waals surface area contributed by atoms with E-state index in [0.29, 0.717) is 18.3 Å². The highest BCUT2D eigenvalue weighted by Gasteiger charge is 2.45. The maximum Gasteiger partial charge on any atom is 0.233 e. The fourth-order valence-electron chi connectivity index (χ4n) is 4.47. The van der Waals surface area contributed by atoms with Crippen molar-refractivity contribution in [1.29, 1.82) is 0 Å². The molecule has 5 heteroatoms. The van der Waals surface area contributed by atoms with Crippen LogP contribution in [0.5, 0.6) is 0 Å². The Morgan fingerprint density at radius 1 is 1.20 bits per heavy atom. The number of likely N-dealkylation sites (tertiary alicyclic amines) is 1. The first-order chi connectivity index (χ1) is 12.2. The van der Waals surface area contributed by atoms with Gasteiger partial charge in [-0.15, -0.1) is 0 Å². The minimum absolute atomic E-state index is 0.168. The highest BCUT2D eigenvalue weighted by molar-refractivity contribution is 5.88. The van der Waals surface area contributed by atoms with Crippen LogP contribution in [0.25, 0.3) is 0 Å². The fourth-order valence-corrected chi connectivity index (χ4v) is 4.47. The number of nitrogens with zero attached hydrogens (tertiary/aromatic N) is 3. The molecule has 2 heterocycles. The summed E-state index contributed by atoms with van der Waals surface area (Å²) in [5.41, 5.74) is 0.830. The van der Waals surface area contributed by atoms with E-state index in [1.54, 1.807) is 0 Å². The molecule has 132 valence electrons. The van der Waals surface area contributed by atoms with Crippen LogP contribution in [0.4, 0.5) is 0 Å². The van der Waals surface area contributed by atoms with Crippen molar-refractivity contribution in [3.05, 3.63) is 47.6 Å². The van der Waals surface area contributed by atoms with E-state index in [4.69, 9.17) is 4.52 Å². The second kappa shape index (κ2) is 6.62. The Morgan fingerprint density at radius 2 is 1.96 bits per heavy atom. The first-order valence-electron chi connectivity index (χ1n) is 9.34. The molecule has 0 radical (unpaired) electrons. The number of carbonyl (C=O) groups excluding carboxylic acids is 1. The van der Waals surface area contributed by atoms with Crippen LogP contribution in [0.1, 0.15) is 61.7 Å². The summed E-state index contributed by atoms with van der Waals surface area (Å²) in [6.45, 7) is 3.30. The summed E-state index contributed by atoms with van der Waals surface area (Å²) in [6, 6.07) is 10.4. The lowest BCUT2D eigenvalue weighted by Gasteiger charge is -2.39. The van der Waals surface area contributed by atoms with E-state index in [1.165, 1.54) is 12.0 Å². The number of benzene rings is 1. The van der Waals surface area contributed by atoms with E-state index < -0.39 is 0 Å². The Kier molecular flexibility index (Phi) is 4.32. The molecule has 1 saturated heterocycles. The lowest BCUT2D eigenvalue weighted by atomic mass is 9.68. The normalized spacial score (nSPS) is 22.9. The Bertz CT molecular complexity index is 734. The summed E-state index contributed by atoms with van der Waals surface area (Å²) in [4.78, 5) is 20.0. The molecule has 0 unspecified atom stereocenters. The van der Waals surface area contributed by atoms with E-state index in [2.05, 4.69) is 22.3 Å². The molecule has 2 aliphatic rings. The Hall–Kier alpha value is -2.17. The average Bonchev–Trinajstić information content (AvgIpc) is 3.31. The molecule has 2 aromatic rings. The van der Waals surface area contributed by atoms with Gasteiger partial charge in [0.25, 0.3) is 0 Å². The number of amides is 1. The lowest BCUT2D eigenvalue weighted by molar-refractivity contribution is -0.137. The quantitative estimate of drug-likeness (QED) is 0.857. The van der Waals surface area contributed by atoms with Crippen LogP contribution in [0.3, 0.4) is 0 Å². The molecular weight excluding hydrogens is 314 g/mol. The lowest BCUT2D eigenvalue weighted by Crippen LogP contribution is -2.47. The topological polar surface area (TPSA) is 59.2 Å². The van der Waals surface area contributed by atoms with Gasteiger partial charge in [0.05, 0.1) is 11.3 Å². The molecule has 0 N–H and O–H groups in total. The molecule has 1 aromatic carbocycles. The van der Waals surface area contributed by atoms with Crippen LogP contribution in [-0.4, -0.2) is 34.0 Å². The zero-order chi connectivity index (χ0) is 17.3. The summed E-state index contributed by atoms with van der Waals surface area (Å²) < 4.78 is 5.33. The molecule has 1 aliphatic heterocycles. The third-order valence-corrected chi connectivity index (χ3v) is 5.81. The SMILES string of the molecule is Cc1noc([C@@H]2CCN(C(=O)C3(c4ccccc4)CCCCC3)C2)n1. The third kappa shape index (κ3) is 2.96. The smallest absolute Gasteiger partial charge is 0.233 e. The molecule has 1 atom stereocenters. The summed E-state index contributed by atoms with van der Waals surface area (Å²) in [6.07, 6.45) is 6.29. The van der Waals surface area contributed by atoms with Crippen LogP contribution in [0.2, 0.25) is 0 Å². The highest BCUT2D eigenvalue weighted by Crippen LogP contribution is 2.42. The minimum Gasteiger partial charge on any atom is -0.341 e. The fraction of sp³-hybridized carbons (Fsp3) is 0.550. The number of rotatable bonds is 3. The third-order valence-electron chi connectivity index (χ3n) is 5.81.